The Morgan fingerprint density at radius 2 is 1.73 bits per heavy atom. The second-order valence-electron chi connectivity index (χ2n) is 8.09. The number of nitrogens with zero attached hydrogens (tertiary/aromatic N) is 3. The summed E-state index contributed by atoms with van der Waals surface area (Å²) in [6, 6.07) is 5.85. The Bertz CT molecular complexity index is 860. The zero-order valence-corrected chi connectivity index (χ0v) is 18.5. The molecule has 1 saturated heterocycles. The highest BCUT2D eigenvalue weighted by Crippen LogP contribution is 2.43. The topological polar surface area (TPSA) is 76.6 Å². The molecule has 1 N–H and O–H groups in total. The third-order valence-electron chi connectivity index (χ3n) is 5.87. The number of hydrogen-bond acceptors (Lipinski definition) is 7. The molecule has 1 aromatic carbocycles. The first-order valence-corrected chi connectivity index (χ1v) is 11.5. The third kappa shape index (κ3) is 5.29. The van der Waals surface area contributed by atoms with Gasteiger partial charge in [-0.3, -0.25) is 9.69 Å². The number of hydrogen-bond donors (Lipinski definition) is 1. The van der Waals surface area contributed by atoms with Crippen LogP contribution in [0.15, 0.2) is 18.2 Å². The highest BCUT2D eigenvalue weighted by atomic mass is 32.1. The number of benzene rings is 1. The molecular formula is C22H30N4O3S. The van der Waals surface area contributed by atoms with E-state index in [2.05, 4.69) is 20.4 Å². The maximum absolute atomic E-state index is 12.3. The number of carbonyl (C=O) groups excluding carboxylic acids is 1. The van der Waals surface area contributed by atoms with Crippen molar-refractivity contribution in [3.05, 3.63) is 33.8 Å². The molecule has 0 atom stereocenters. The lowest BCUT2D eigenvalue weighted by molar-refractivity contribution is -0.122. The molecule has 0 bridgehead atoms. The van der Waals surface area contributed by atoms with Crippen LogP contribution in [-0.2, 0) is 11.2 Å². The smallest absolute Gasteiger partial charge is 0.234 e. The molecule has 2 aliphatic rings. The first kappa shape index (κ1) is 21.1. The standard InChI is InChI=1S/C22H30N4O3S/c1-28-18-6-3-15(13-19(18)29-2)7-10-23-20(27)14-26-11-8-17(9-12-26)22-25-24-21(30-22)16-4-5-16/h3,6,13,16-17H,4-5,7-12,14H2,1-2H3,(H,23,27). The predicted molar refractivity (Wildman–Crippen MR) is 117 cm³/mol. The molecule has 4 rings (SSSR count). The van der Waals surface area contributed by atoms with E-state index in [-0.39, 0.29) is 5.91 Å². The summed E-state index contributed by atoms with van der Waals surface area (Å²) < 4.78 is 10.6. The summed E-state index contributed by atoms with van der Waals surface area (Å²) in [4.78, 5) is 14.6. The van der Waals surface area contributed by atoms with Crippen molar-refractivity contribution in [1.82, 2.24) is 20.4 Å². The van der Waals surface area contributed by atoms with Gasteiger partial charge in [0.1, 0.15) is 10.0 Å². The number of methoxy groups -OCH3 is 2. The van der Waals surface area contributed by atoms with Crippen LogP contribution >= 0.6 is 11.3 Å². The van der Waals surface area contributed by atoms with Crippen LogP contribution in [0.4, 0.5) is 0 Å². The molecule has 30 heavy (non-hydrogen) atoms. The third-order valence-corrected chi connectivity index (χ3v) is 7.12. The molecule has 2 heterocycles. The summed E-state index contributed by atoms with van der Waals surface area (Å²) in [5, 5.41) is 14.3. The van der Waals surface area contributed by atoms with Gasteiger partial charge in [-0.05, 0) is 62.9 Å². The molecule has 0 spiro atoms. The second kappa shape index (κ2) is 9.75. The molecular weight excluding hydrogens is 400 g/mol. The summed E-state index contributed by atoms with van der Waals surface area (Å²) in [6.07, 6.45) is 5.41. The van der Waals surface area contributed by atoms with E-state index in [4.69, 9.17) is 9.47 Å². The first-order valence-electron chi connectivity index (χ1n) is 10.7. The number of rotatable bonds is 9. The number of amides is 1. The van der Waals surface area contributed by atoms with E-state index in [9.17, 15) is 4.79 Å². The van der Waals surface area contributed by atoms with E-state index in [1.807, 2.05) is 18.2 Å². The van der Waals surface area contributed by atoms with Crippen LogP contribution in [0.3, 0.4) is 0 Å². The van der Waals surface area contributed by atoms with Gasteiger partial charge in [-0.2, -0.15) is 0 Å². The van der Waals surface area contributed by atoms with Crippen LogP contribution < -0.4 is 14.8 Å². The molecule has 2 fully saturated rings. The molecule has 7 nitrogen and oxygen atoms in total. The molecule has 1 aliphatic carbocycles. The average Bonchev–Trinajstić information content (AvgIpc) is 3.51. The summed E-state index contributed by atoms with van der Waals surface area (Å²) >= 11 is 1.80. The minimum absolute atomic E-state index is 0.0841. The van der Waals surface area contributed by atoms with Crippen LogP contribution in [0.2, 0.25) is 0 Å². The molecule has 2 aromatic rings. The van der Waals surface area contributed by atoms with Crippen molar-refractivity contribution in [1.29, 1.82) is 0 Å². The normalized spacial score (nSPS) is 17.7. The molecule has 0 unspecified atom stereocenters. The van der Waals surface area contributed by atoms with Gasteiger partial charge in [-0.1, -0.05) is 6.07 Å². The van der Waals surface area contributed by atoms with Gasteiger partial charge in [0.15, 0.2) is 11.5 Å². The number of piperidine rings is 1. The molecule has 1 aliphatic heterocycles. The summed E-state index contributed by atoms with van der Waals surface area (Å²) in [6.45, 7) is 2.94. The fraction of sp³-hybridized carbons (Fsp3) is 0.591. The van der Waals surface area contributed by atoms with Gasteiger partial charge in [0.05, 0.1) is 20.8 Å². The monoisotopic (exact) mass is 430 g/mol. The molecule has 8 heteroatoms. The van der Waals surface area contributed by atoms with Gasteiger partial charge in [0.2, 0.25) is 5.91 Å². The van der Waals surface area contributed by atoms with Gasteiger partial charge < -0.3 is 14.8 Å². The summed E-state index contributed by atoms with van der Waals surface area (Å²) in [5.41, 5.74) is 1.11. The van der Waals surface area contributed by atoms with E-state index in [1.54, 1.807) is 25.6 Å². The molecule has 1 aromatic heterocycles. The van der Waals surface area contributed by atoms with Gasteiger partial charge in [0.25, 0.3) is 0 Å². The van der Waals surface area contributed by atoms with Crippen LogP contribution in [0.25, 0.3) is 0 Å². The second-order valence-corrected chi connectivity index (χ2v) is 9.13. The van der Waals surface area contributed by atoms with Crippen LogP contribution in [0.5, 0.6) is 11.5 Å². The highest BCUT2D eigenvalue weighted by molar-refractivity contribution is 7.11. The number of likely N-dealkylation sites (tertiary alicyclic amines) is 1. The lowest BCUT2D eigenvalue weighted by Gasteiger charge is -2.30. The Morgan fingerprint density at radius 1 is 1.07 bits per heavy atom. The van der Waals surface area contributed by atoms with Gasteiger partial charge >= 0.3 is 0 Å². The van der Waals surface area contributed by atoms with E-state index in [1.165, 1.54) is 22.9 Å². The Labute approximate surface area is 181 Å². The van der Waals surface area contributed by atoms with E-state index in [0.717, 1.165) is 37.9 Å². The van der Waals surface area contributed by atoms with Crippen LogP contribution in [-0.4, -0.2) is 61.4 Å². The lowest BCUT2D eigenvalue weighted by Crippen LogP contribution is -2.41. The highest BCUT2D eigenvalue weighted by Gasteiger charge is 2.30. The maximum atomic E-state index is 12.3. The fourth-order valence-corrected chi connectivity index (χ4v) is 5.07. The lowest BCUT2D eigenvalue weighted by atomic mass is 9.98. The SMILES string of the molecule is COc1ccc(CCNC(=O)CN2CCC(c3nnc(C4CC4)s3)CC2)cc1OC. The van der Waals surface area contributed by atoms with Gasteiger partial charge in [-0.15, -0.1) is 21.5 Å². The van der Waals surface area contributed by atoms with Crippen molar-refractivity contribution >= 4 is 17.2 Å². The van der Waals surface area contributed by atoms with Crippen molar-refractivity contribution in [2.75, 3.05) is 40.4 Å². The zero-order chi connectivity index (χ0) is 20.9. The summed E-state index contributed by atoms with van der Waals surface area (Å²) in [5.74, 6) is 2.69. The minimum atomic E-state index is 0.0841. The van der Waals surface area contributed by atoms with E-state index < -0.39 is 0 Å². The van der Waals surface area contributed by atoms with Crippen molar-refractivity contribution in [2.45, 2.75) is 43.9 Å². The zero-order valence-electron chi connectivity index (χ0n) is 17.7. The molecule has 162 valence electrons. The van der Waals surface area contributed by atoms with E-state index in [0.29, 0.717) is 36.4 Å². The van der Waals surface area contributed by atoms with Crippen molar-refractivity contribution < 1.29 is 14.3 Å². The van der Waals surface area contributed by atoms with Crippen molar-refractivity contribution in [3.63, 3.8) is 0 Å². The number of aromatic nitrogens is 2. The molecule has 0 radical (unpaired) electrons. The Morgan fingerprint density at radius 3 is 2.37 bits per heavy atom. The molecule has 1 saturated carbocycles. The van der Waals surface area contributed by atoms with Gasteiger partial charge in [0, 0.05) is 18.4 Å². The largest absolute Gasteiger partial charge is 0.493 e. The van der Waals surface area contributed by atoms with Crippen molar-refractivity contribution in [3.8, 4) is 11.5 Å². The number of nitrogens with one attached hydrogen (secondary N) is 1. The Balaban J connectivity index is 1.17. The van der Waals surface area contributed by atoms with Crippen LogP contribution in [0, 0.1) is 0 Å². The van der Waals surface area contributed by atoms with E-state index >= 15 is 0 Å². The Hall–Kier alpha value is -2.19. The first-order chi connectivity index (χ1) is 14.7. The molecule has 1 amide bonds. The summed E-state index contributed by atoms with van der Waals surface area (Å²) in [7, 11) is 3.25. The quantitative estimate of drug-likeness (QED) is 0.659. The number of carbonyl (C=O) groups is 1. The Kier molecular flexibility index (Phi) is 6.84. The minimum Gasteiger partial charge on any atom is -0.493 e. The fourth-order valence-electron chi connectivity index (χ4n) is 3.89. The average molecular weight is 431 g/mol. The van der Waals surface area contributed by atoms with Crippen LogP contribution in [0.1, 0.15) is 53.1 Å². The number of ether oxygens (including phenoxy) is 2. The van der Waals surface area contributed by atoms with Gasteiger partial charge in [-0.25, -0.2) is 0 Å². The predicted octanol–water partition coefficient (Wildman–Crippen LogP) is 2.97. The van der Waals surface area contributed by atoms with Crippen molar-refractivity contribution in [2.24, 2.45) is 0 Å². The maximum Gasteiger partial charge on any atom is 0.234 e.